The van der Waals surface area contributed by atoms with Gasteiger partial charge < -0.3 is 0 Å². The fourth-order valence-electron chi connectivity index (χ4n) is 1.53. The third-order valence-corrected chi connectivity index (χ3v) is 2.49. The van der Waals surface area contributed by atoms with Crippen molar-refractivity contribution in [2.24, 2.45) is 0 Å². The molecule has 0 spiro atoms. The number of benzene rings is 1. The molecule has 1 heteroatoms. The number of hydrogen-bond donors (Lipinski definition) is 0. The molecule has 0 saturated heterocycles. The van der Waals surface area contributed by atoms with Crippen molar-refractivity contribution < 1.29 is 4.79 Å². The van der Waals surface area contributed by atoms with Crippen LogP contribution in [0.4, 0.5) is 0 Å². The van der Waals surface area contributed by atoms with Crippen molar-refractivity contribution in [3.8, 4) is 0 Å². The van der Waals surface area contributed by atoms with Crippen LogP contribution < -0.4 is 0 Å². The van der Waals surface area contributed by atoms with Crippen LogP contribution in [0.25, 0.3) is 0 Å². The van der Waals surface area contributed by atoms with Crippen molar-refractivity contribution in [3.63, 3.8) is 0 Å². The highest BCUT2D eigenvalue weighted by Crippen LogP contribution is 2.07. The van der Waals surface area contributed by atoms with Crippen LogP contribution in [0.1, 0.15) is 32.3 Å². The third-order valence-electron chi connectivity index (χ3n) is 2.49. The molecule has 0 amide bonds. The van der Waals surface area contributed by atoms with Gasteiger partial charge in [-0.2, -0.15) is 0 Å². The van der Waals surface area contributed by atoms with Gasteiger partial charge in [0.2, 0.25) is 0 Å². The van der Waals surface area contributed by atoms with Crippen LogP contribution in [0.5, 0.6) is 0 Å². The highest BCUT2D eigenvalue weighted by Gasteiger charge is 2.01. The average Bonchev–Trinajstić information content (AvgIpc) is 2.27. The molecular weight excluding hydrogens is 184 g/mol. The minimum absolute atomic E-state index is 0.208. The van der Waals surface area contributed by atoms with E-state index in [9.17, 15) is 4.79 Å². The second-order valence-electron chi connectivity index (χ2n) is 3.64. The van der Waals surface area contributed by atoms with E-state index in [1.165, 1.54) is 5.57 Å². The van der Waals surface area contributed by atoms with Gasteiger partial charge in [0.25, 0.3) is 0 Å². The van der Waals surface area contributed by atoms with E-state index in [1.54, 1.807) is 6.08 Å². The van der Waals surface area contributed by atoms with Gasteiger partial charge in [0.05, 0.1) is 0 Å². The monoisotopic (exact) mass is 202 g/mol. The second-order valence-corrected chi connectivity index (χ2v) is 3.64. The normalized spacial score (nSPS) is 9.73. The molecule has 0 radical (unpaired) electrons. The Hall–Kier alpha value is -1.37. The lowest BCUT2D eigenvalue weighted by Gasteiger charge is -2.00. The van der Waals surface area contributed by atoms with Gasteiger partial charge in [-0.3, -0.25) is 4.79 Å². The minimum Gasteiger partial charge on any atom is -0.294 e. The summed E-state index contributed by atoms with van der Waals surface area (Å²) in [6.45, 7) is 4.18. The highest BCUT2D eigenvalue weighted by molar-refractivity contribution is 5.92. The Morgan fingerprint density at radius 1 is 1.13 bits per heavy atom. The molecule has 0 saturated carbocycles. The number of rotatable bonds is 5. The van der Waals surface area contributed by atoms with Gasteiger partial charge in [-0.15, -0.1) is 0 Å². The van der Waals surface area contributed by atoms with Gasteiger partial charge in [0.15, 0.2) is 5.78 Å². The first-order chi connectivity index (χ1) is 7.26. The van der Waals surface area contributed by atoms with Crippen molar-refractivity contribution in [2.45, 2.75) is 33.1 Å². The summed E-state index contributed by atoms with van der Waals surface area (Å²) < 4.78 is 0. The Morgan fingerprint density at radius 3 is 2.27 bits per heavy atom. The number of allylic oxidation sites excluding steroid dienone is 2. The van der Waals surface area contributed by atoms with E-state index in [4.69, 9.17) is 0 Å². The smallest absolute Gasteiger partial charge is 0.160 e. The Labute approximate surface area is 91.8 Å². The highest BCUT2D eigenvalue weighted by atomic mass is 16.1. The maximum absolute atomic E-state index is 11.7. The summed E-state index contributed by atoms with van der Waals surface area (Å²) in [5.41, 5.74) is 2.32. The van der Waals surface area contributed by atoms with Crippen LogP contribution in [-0.4, -0.2) is 5.78 Å². The number of carbonyl (C=O) groups is 1. The number of hydrogen-bond acceptors (Lipinski definition) is 1. The van der Waals surface area contributed by atoms with Crippen LogP contribution in [0.15, 0.2) is 42.0 Å². The first-order valence-corrected chi connectivity index (χ1v) is 5.52. The van der Waals surface area contributed by atoms with Gasteiger partial charge in [-0.05, 0) is 24.5 Å². The van der Waals surface area contributed by atoms with Crippen molar-refractivity contribution in [3.05, 3.63) is 47.5 Å². The van der Waals surface area contributed by atoms with Crippen molar-refractivity contribution >= 4 is 5.78 Å². The molecule has 15 heavy (non-hydrogen) atoms. The molecule has 0 N–H and O–H groups in total. The molecule has 0 atom stereocenters. The van der Waals surface area contributed by atoms with Gasteiger partial charge >= 0.3 is 0 Å². The summed E-state index contributed by atoms with van der Waals surface area (Å²) in [6, 6.07) is 9.87. The van der Waals surface area contributed by atoms with Gasteiger partial charge in [0.1, 0.15) is 0 Å². The molecule has 1 aromatic rings. The molecule has 1 nitrogen and oxygen atoms in total. The van der Waals surface area contributed by atoms with Crippen LogP contribution in [0.2, 0.25) is 0 Å². The summed E-state index contributed by atoms with van der Waals surface area (Å²) in [6.07, 6.45) is 4.26. The van der Waals surface area contributed by atoms with E-state index in [-0.39, 0.29) is 5.78 Å². The fourth-order valence-corrected chi connectivity index (χ4v) is 1.53. The molecule has 1 aromatic carbocycles. The Balaban J connectivity index is 2.60. The molecule has 0 aliphatic heterocycles. The molecule has 0 aromatic heterocycles. The summed E-state index contributed by atoms with van der Waals surface area (Å²) in [5, 5.41) is 0. The first-order valence-electron chi connectivity index (χ1n) is 5.52. The Kier molecular flexibility index (Phi) is 4.82. The quantitative estimate of drug-likeness (QED) is 0.667. The largest absolute Gasteiger partial charge is 0.294 e. The van der Waals surface area contributed by atoms with Crippen molar-refractivity contribution in [2.75, 3.05) is 0 Å². The van der Waals surface area contributed by atoms with Gasteiger partial charge in [-0.25, -0.2) is 0 Å². The Bertz CT molecular complexity index is 330. The molecule has 0 heterocycles. The van der Waals surface area contributed by atoms with E-state index in [2.05, 4.69) is 13.8 Å². The molecule has 0 fully saturated rings. The average molecular weight is 202 g/mol. The Morgan fingerprint density at radius 2 is 1.73 bits per heavy atom. The van der Waals surface area contributed by atoms with Crippen LogP contribution in [-0.2, 0) is 11.2 Å². The van der Waals surface area contributed by atoms with Crippen molar-refractivity contribution in [1.29, 1.82) is 0 Å². The summed E-state index contributed by atoms with van der Waals surface area (Å²) in [7, 11) is 0. The third kappa shape index (κ3) is 4.11. The summed E-state index contributed by atoms with van der Waals surface area (Å²) >= 11 is 0. The van der Waals surface area contributed by atoms with Crippen LogP contribution in [0.3, 0.4) is 0 Å². The number of carbonyl (C=O) groups excluding carboxylic acids is 1. The predicted octanol–water partition coefficient (Wildman–Crippen LogP) is 3.54. The topological polar surface area (TPSA) is 17.1 Å². The molecule has 1 rings (SSSR count). The van der Waals surface area contributed by atoms with Gasteiger partial charge in [-0.1, -0.05) is 49.8 Å². The molecule has 0 bridgehead atoms. The minimum atomic E-state index is 0.208. The molecular formula is C14H18O. The molecule has 0 aliphatic rings. The summed E-state index contributed by atoms with van der Waals surface area (Å²) in [5.74, 6) is 0.208. The second kappa shape index (κ2) is 6.18. The van der Waals surface area contributed by atoms with E-state index < -0.39 is 0 Å². The standard InChI is InChI=1S/C14H18O/c1-3-12(4-2)10-14(15)11-13-8-6-5-7-9-13/h5-10H,3-4,11H2,1-2H3. The van der Waals surface area contributed by atoms with E-state index >= 15 is 0 Å². The first kappa shape index (κ1) is 11.7. The SMILES string of the molecule is CCC(=CC(=O)Cc1ccccc1)CC. The van der Waals surface area contributed by atoms with E-state index in [0.717, 1.165) is 18.4 Å². The van der Waals surface area contributed by atoms with Crippen LogP contribution >= 0.6 is 0 Å². The maximum Gasteiger partial charge on any atom is 0.160 e. The van der Waals surface area contributed by atoms with Crippen molar-refractivity contribution in [1.82, 2.24) is 0 Å². The van der Waals surface area contributed by atoms with Crippen LogP contribution in [0, 0.1) is 0 Å². The zero-order valence-corrected chi connectivity index (χ0v) is 9.49. The predicted molar refractivity (Wildman–Crippen MR) is 63.8 cm³/mol. The zero-order valence-electron chi connectivity index (χ0n) is 9.49. The molecule has 80 valence electrons. The lowest BCUT2D eigenvalue weighted by Crippen LogP contribution is -1.99. The van der Waals surface area contributed by atoms with E-state index in [0.29, 0.717) is 6.42 Å². The lowest BCUT2D eigenvalue weighted by atomic mass is 10.0. The van der Waals surface area contributed by atoms with E-state index in [1.807, 2.05) is 30.3 Å². The number of ketones is 1. The molecule has 0 unspecified atom stereocenters. The fraction of sp³-hybridized carbons (Fsp3) is 0.357. The molecule has 0 aliphatic carbocycles. The summed E-state index contributed by atoms with van der Waals surface area (Å²) in [4.78, 5) is 11.7. The zero-order chi connectivity index (χ0) is 11.1. The van der Waals surface area contributed by atoms with Gasteiger partial charge in [0, 0.05) is 6.42 Å². The lowest BCUT2D eigenvalue weighted by molar-refractivity contribution is -0.114. The maximum atomic E-state index is 11.7.